The lowest BCUT2D eigenvalue weighted by molar-refractivity contribution is 0.199. The molecular formula is C15H18ClFN4O. The fraction of sp³-hybridized carbons (Fsp3) is 0.467. The normalized spacial score (nSPS) is 18.8. The molecule has 1 aliphatic heterocycles. The quantitative estimate of drug-likeness (QED) is 0.863. The molecule has 1 aliphatic rings. The number of aromatic nitrogens is 2. The molecule has 1 aromatic heterocycles. The Kier molecular flexibility index (Phi) is 4.31. The highest BCUT2D eigenvalue weighted by atomic mass is 35.5. The molecule has 3 rings (SSSR count). The molecule has 0 aliphatic carbocycles. The van der Waals surface area contributed by atoms with E-state index in [0.29, 0.717) is 29.0 Å². The second-order valence-corrected chi connectivity index (χ2v) is 6.06. The monoisotopic (exact) mass is 324 g/mol. The van der Waals surface area contributed by atoms with Crippen molar-refractivity contribution in [2.24, 2.45) is 0 Å². The van der Waals surface area contributed by atoms with E-state index in [9.17, 15) is 4.39 Å². The number of nitrogens with zero attached hydrogens (tertiary/aromatic N) is 4. The number of halogens is 2. The van der Waals surface area contributed by atoms with E-state index in [-0.39, 0.29) is 11.9 Å². The van der Waals surface area contributed by atoms with Crippen LogP contribution in [0.25, 0.3) is 0 Å². The van der Waals surface area contributed by atoms with Gasteiger partial charge in [-0.25, -0.2) is 4.39 Å². The lowest BCUT2D eigenvalue weighted by atomic mass is 10.1. The summed E-state index contributed by atoms with van der Waals surface area (Å²) in [6.45, 7) is 1.30. The van der Waals surface area contributed by atoms with Crippen LogP contribution < -0.4 is 4.90 Å². The molecule has 1 saturated heterocycles. The van der Waals surface area contributed by atoms with E-state index in [1.54, 1.807) is 17.0 Å². The average molecular weight is 325 g/mol. The Labute approximate surface area is 133 Å². The summed E-state index contributed by atoms with van der Waals surface area (Å²) in [5.41, 5.74) is 0.517. The highest BCUT2D eigenvalue weighted by molar-refractivity contribution is 6.31. The Bertz CT molecular complexity index is 640. The summed E-state index contributed by atoms with van der Waals surface area (Å²) in [4.78, 5) is 8.34. The molecule has 7 heteroatoms. The minimum absolute atomic E-state index is 0.0110. The van der Waals surface area contributed by atoms with Crippen molar-refractivity contribution in [3.05, 3.63) is 40.5 Å². The van der Waals surface area contributed by atoms with Crippen LogP contribution in [0.3, 0.4) is 0 Å². The van der Waals surface area contributed by atoms with E-state index in [1.165, 1.54) is 6.07 Å². The van der Waals surface area contributed by atoms with Crippen LogP contribution in [0.1, 0.15) is 30.3 Å². The fourth-order valence-corrected chi connectivity index (χ4v) is 2.95. The molecule has 1 aromatic carbocycles. The molecule has 0 unspecified atom stereocenters. The molecule has 0 saturated carbocycles. The third kappa shape index (κ3) is 2.94. The van der Waals surface area contributed by atoms with Gasteiger partial charge in [0.1, 0.15) is 5.82 Å². The van der Waals surface area contributed by atoms with Crippen LogP contribution in [-0.4, -0.2) is 35.7 Å². The van der Waals surface area contributed by atoms with Crippen LogP contribution in [0.5, 0.6) is 0 Å². The van der Waals surface area contributed by atoms with Gasteiger partial charge >= 0.3 is 0 Å². The molecule has 0 spiro atoms. The molecule has 5 nitrogen and oxygen atoms in total. The molecule has 118 valence electrons. The fourth-order valence-electron chi connectivity index (χ4n) is 2.73. The van der Waals surface area contributed by atoms with Gasteiger partial charge in [-0.15, -0.1) is 0 Å². The van der Waals surface area contributed by atoms with Crippen LogP contribution in [0.15, 0.2) is 22.7 Å². The maximum Gasteiger partial charge on any atom is 0.265 e. The SMILES string of the molecule is CN(C)c1noc([C@@H]2CCCN2Cc2c(F)cccc2Cl)n1. The van der Waals surface area contributed by atoms with Crippen LogP contribution in [0, 0.1) is 5.82 Å². The molecule has 2 heterocycles. The second kappa shape index (κ2) is 6.22. The van der Waals surface area contributed by atoms with Crippen LogP contribution in [0.2, 0.25) is 5.02 Å². The zero-order valence-corrected chi connectivity index (χ0v) is 13.3. The standard InChI is InChI=1S/C15H18ClFN4O/c1-20(2)15-18-14(22-19-15)13-7-4-8-21(13)9-10-11(16)5-3-6-12(10)17/h3,5-6,13H,4,7-9H2,1-2H3/t13-/m0/s1. The van der Waals surface area contributed by atoms with Crippen molar-refractivity contribution in [2.45, 2.75) is 25.4 Å². The summed E-state index contributed by atoms with van der Waals surface area (Å²) < 4.78 is 19.3. The van der Waals surface area contributed by atoms with Crippen LogP contribution in [0.4, 0.5) is 10.3 Å². The number of anilines is 1. The first kappa shape index (κ1) is 15.2. The summed E-state index contributed by atoms with van der Waals surface area (Å²) in [5, 5.41) is 4.40. The van der Waals surface area contributed by atoms with Crippen molar-refractivity contribution in [1.29, 1.82) is 0 Å². The first-order valence-corrected chi connectivity index (χ1v) is 7.62. The molecule has 0 bridgehead atoms. The smallest absolute Gasteiger partial charge is 0.265 e. The van der Waals surface area contributed by atoms with E-state index in [0.717, 1.165) is 19.4 Å². The van der Waals surface area contributed by atoms with Crippen molar-refractivity contribution < 1.29 is 8.91 Å². The third-order valence-corrected chi connectivity index (χ3v) is 4.26. The van der Waals surface area contributed by atoms with Crippen LogP contribution in [-0.2, 0) is 6.54 Å². The Morgan fingerprint density at radius 2 is 2.27 bits per heavy atom. The van der Waals surface area contributed by atoms with Crippen molar-refractivity contribution in [2.75, 3.05) is 25.5 Å². The summed E-state index contributed by atoms with van der Waals surface area (Å²) in [5.74, 6) is 0.845. The second-order valence-electron chi connectivity index (χ2n) is 5.66. The molecule has 0 N–H and O–H groups in total. The molecule has 0 radical (unpaired) electrons. The van der Waals surface area contributed by atoms with Gasteiger partial charge in [-0.3, -0.25) is 4.90 Å². The minimum Gasteiger partial charge on any atom is -0.344 e. The van der Waals surface area contributed by atoms with E-state index < -0.39 is 0 Å². The molecule has 0 amide bonds. The van der Waals surface area contributed by atoms with E-state index in [2.05, 4.69) is 15.0 Å². The number of hydrogen-bond donors (Lipinski definition) is 0. The first-order valence-electron chi connectivity index (χ1n) is 7.24. The first-order chi connectivity index (χ1) is 10.6. The lowest BCUT2D eigenvalue weighted by Gasteiger charge is -2.22. The Morgan fingerprint density at radius 3 is 2.95 bits per heavy atom. The van der Waals surface area contributed by atoms with Gasteiger partial charge in [-0.05, 0) is 36.7 Å². The van der Waals surface area contributed by atoms with Crippen molar-refractivity contribution in [1.82, 2.24) is 15.0 Å². The van der Waals surface area contributed by atoms with Crippen LogP contribution >= 0.6 is 11.6 Å². The maximum atomic E-state index is 14.0. The number of hydrogen-bond acceptors (Lipinski definition) is 5. The molecule has 1 atom stereocenters. The van der Waals surface area contributed by atoms with Crippen molar-refractivity contribution in [3.8, 4) is 0 Å². The van der Waals surface area contributed by atoms with Gasteiger partial charge < -0.3 is 9.42 Å². The average Bonchev–Trinajstić information content (AvgIpc) is 3.11. The summed E-state index contributed by atoms with van der Waals surface area (Å²) in [6, 6.07) is 4.77. The van der Waals surface area contributed by atoms with Gasteiger partial charge in [-0.2, -0.15) is 4.98 Å². The van der Waals surface area contributed by atoms with E-state index >= 15 is 0 Å². The summed E-state index contributed by atoms with van der Waals surface area (Å²) >= 11 is 6.12. The summed E-state index contributed by atoms with van der Waals surface area (Å²) in [7, 11) is 3.72. The Balaban J connectivity index is 1.81. The highest BCUT2D eigenvalue weighted by Gasteiger charge is 2.31. The molecule has 1 fully saturated rings. The van der Waals surface area contributed by atoms with Gasteiger partial charge in [0.2, 0.25) is 5.89 Å². The zero-order chi connectivity index (χ0) is 15.7. The topological polar surface area (TPSA) is 45.4 Å². The number of likely N-dealkylation sites (tertiary alicyclic amines) is 1. The predicted octanol–water partition coefficient (Wildman–Crippen LogP) is 3.27. The van der Waals surface area contributed by atoms with Gasteiger partial charge in [0.05, 0.1) is 6.04 Å². The molecule has 22 heavy (non-hydrogen) atoms. The molecule has 2 aromatic rings. The van der Waals surface area contributed by atoms with Gasteiger partial charge in [-0.1, -0.05) is 17.7 Å². The van der Waals surface area contributed by atoms with Crippen molar-refractivity contribution >= 4 is 17.5 Å². The van der Waals surface area contributed by atoms with E-state index in [1.807, 2.05) is 14.1 Å². The number of benzene rings is 1. The Morgan fingerprint density at radius 1 is 1.45 bits per heavy atom. The Hall–Kier alpha value is -1.66. The predicted molar refractivity (Wildman–Crippen MR) is 82.4 cm³/mol. The van der Waals surface area contributed by atoms with Gasteiger partial charge in [0.15, 0.2) is 0 Å². The van der Waals surface area contributed by atoms with E-state index in [4.69, 9.17) is 16.1 Å². The summed E-state index contributed by atoms with van der Waals surface area (Å²) in [6.07, 6.45) is 1.93. The number of rotatable bonds is 4. The minimum atomic E-state index is -0.280. The maximum absolute atomic E-state index is 14.0. The largest absolute Gasteiger partial charge is 0.344 e. The zero-order valence-electron chi connectivity index (χ0n) is 12.6. The van der Waals surface area contributed by atoms with Crippen molar-refractivity contribution in [3.63, 3.8) is 0 Å². The lowest BCUT2D eigenvalue weighted by Crippen LogP contribution is -2.24. The highest BCUT2D eigenvalue weighted by Crippen LogP contribution is 2.34. The van der Waals surface area contributed by atoms with Gasteiger partial charge in [0, 0.05) is 31.2 Å². The van der Waals surface area contributed by atoms with Gasteiger partial charge in [0.25, 0.3) is 5.95 Å². The molecular weight excluding hydrogens is 307 g/mol. The third-order valence-electron chi connectivity index (χ3n) is 3.90.